The first-order valence-corrected chi connectivity index (χ1v) is 9.28. The molecule has 0 aliphatic carbocycles. The topological polar surface area (TPSA) is 119 Å². The van der Waals surface area contributed by atoms with Gasteiger partial charge in [0.05, 0.1) is 22.2 Å². The van der Waals surface area contributed by atoms with Gasteiger partial charge in [-0.05, 0) is 42.3 Å². The second-order valence-corrected chi connectivity index (χ2v) is 6.68. The van der Waals surface area contributed by atoms with Crippen molar-refractivity contribution in [2.24, 2.45) is 0 Å². The lowest BCUT2D eigenvalue weighted by atomic mass is 10.1. The zero-order chi connectivity index (χ0) is 21.8. The first-order valence-electron chi connectivity index (χ1n) is 8.90. The van der Waals surface area contributed by atoms with E-state index in [9.17, 15) is 24.5 Å². The Balaban J connectivity index is 1.92. The number of urea groups is 1. The molecule has 3 rings (SSSR count). The van der Waals surface area contributed by atoms with E-state index in [4.69, 9.17) is 16.3 Å². The number of carbonyl (C=O) groups excluding carboxylic acids is 3. The Morgan fingerprint density at radius 3 is 2.47 bits per heavy atom. The Hall–Kier alpha value is -3.72. The number of barbiturate groups is 1. The van der Waals surface area contributed by atoms with Crippen LogP contribution >= 0.6 is 11.6 Å². The summed E-state index contributed by atoms with van der Waals surface area (Å²) in [6, 6.07) is 8.64. The van der Waals surface area contributed by atoms with Gasteiger partial charge in [0.25, 0.3) is 17.5 Å². The van der Waals surface area contributed by atoms with Crippen molar-refractivity contribution in [3.05, 3.63) is 68.7 Å². The van der Waals surface area contributed by atoms with Crippen molar-refractivity contribution >= 4 is 46.9 Å². The van der Waals surface area contributed by atoms with Crippen LogP contribution in [0.4, 0.5) is 16.2 Å². The number of non-ortho nitro benzene ring substituents is 1. The van der Waals surface area contributed by atoms with Crippen LogP contribution in [-0.4, -0.2) is 29.4 Å². The first kappa shape index (κ1) is 21.0. The highest BCUT2D eigenvalue weighted by Crippen LogP contribution is 2.28. The van der Waals surface area contributed by atoms with Crippen molar-refractivity contribution in [3.8, 4) is 5.75 Å². The Morgan fingerprint density at radius 1 is 1.17 bits per heavy atom. The van der Waals surface area contributed by atoms with Gasteiger partial charge in [0.1, 0.15) is 11.3 Å². The SMILES string of the molecule is CCCOc1ccc(/C=C2\C(=O)NC(=O)N(c3ccc([N+](=O)[O-])cc3)C2=O)cc1Cl. The minimum Gasteiger partial charge on any atom is -0.492 e. The van der Waals surface area contributed by atoms with Crippen LogP contribution in [0.15, 0.2) is 48.0 Å². The number of carbonyl (C=O) groups is 3. The summed E-state index contributed by atoms with van der Waals surface area (Å²) in [4.78, 5) is 48.2. The standard InChI is InChI=1S/C20H16ClN3O6/c1-2-9-30-17-8-3-12(11-16(17)21)10-15-18(25)22-20(27)23(19(15)26)13-4-6-14(7-5-13)24(28)29/h3-8,10-11H,2,9H2,1H3,(H,22,25,27)/b15-10+. The summed E-state index contributed by atoms with van der Waals surface area (Å²) in [6.07, 6.45) is 2.11. The summed E-state index contributed by atoms with van der Waals surface area (Å²) in [7, 11) is 0. The summed E-state index contributed by atoms with van der Waals surface area (Å²) in [5.41, 5.74) is 0.0601. The van der Waals surface area contributed by atoms with Crippen LogP contribution in [0, 0.1) is 10.1 Å². The minimum atomic E-state index is -0.947. The third-order valence-electron chi connectivity index (χ3n) is 4.15. The quantitative estimate of drug-likeness (QED) is 0.323. The van der Waals surface area contributed by atoms with Crippen LogP contribution < -0.4 is 15.0 Å². The molecule has 2 aromatic rings. The zero-order valence-electron chi connectivity index (χ0n) is 15.8. The normalized spacial score (nSPS) is 15.3. The Morgan fingerprint density at radius 2 is 1.87 bits per heavy atom. The molecule has 0 spiro atoms. The van der Waals surface area contributed by atoms with Gasteiger partial charge in [-0.3, -0.25) is 25.0 Å². The Bertz CT molecular complexity index is 1060. The fourth-order valence-electron chi connectivity index (χ4n) is 2.72. The molecule has 0 radical (unpaired) electrons. The maximum absolute atomic E-state index is 12.8. The van der Waals surface area contributed by atoms with Crippen molar-refractivity contribution in [1.82, 2.24) is 5.32 Å². The smallest absolute Gasteiger partial charge is 0.335 e. The number of nitrogens with one attached hydrogen (secondary N) is 1. The maximum Gasteiger partial charge on any atom is 0.335 e. The van der Waals surface area contributed by atoms with E-state index in [0.717, 1.165) is 23.5 Å². The Labute approximate surface area is 176 Å². The number of halogens is 1. The maximum atomic E-state index is 12.8. The summed E-state index contributed by atoms with van der Waals surface area (Å²) in [5, 5.41) is 13.2. The van der Waals surface area contributed by atoms with Gasteiger partial charge in [0, 0.05) is 12.1 Å². The van der Waals surface area contributed by atoms with Gasteiger partial charge in [0.15, 0.2) is 0 Å². The van der Waals surface area contributed by atoms with E-state index in [1.165, 1.54) is 24.3 Å². The summed E-state index contributed by atoms with van der Waals surface area (Å²) >= 11 is 6.18. The number of hydrogen-bond donors (Lipinski definition) is 1. The molecule has 0 aromatic heterocycles. The van der Waals surface area contributed by atoms with Crippen LogP contribution in [-0.2, 0) is 9.59 Å². The minimum absolute atomic E-state index is 0.0860. The molecule has 1 N–H and O–H groups in total. The number of benzene rings is 2. The van der Waals surface area contributed by atoms with Gasteiger partial charge in [-0.1, -0.05) is 24.6 Å². The molecule has 0 bridgehead atoms. The molecule has 1 saturated heterocycles. The van der Waals surface area contributed by atoms with Gasteiger partial charge in [-0.2, -0.15) is 0 Å². The molecule has 30 heavy (non-hydrogen) atoms. The molecular formula is C20H16ClN3O6. The first-order chi connectivity index (χ1) is 14.3. The van der Waals surface area contributed by atoms with E-state index in [1.54, 1.807) is 12.1 Å². The van der Waals surface area contributed by atoms with E-state index >= 15 is 0 Å². The van der Waals surface area contributed by atoms with E-state index in [0.29, 0.717) is 22.9 Å². The van der Waals surface area contributed by atoms with Crippen molar-refractivity contribution in [3.63, 3.8) is 0 Å². The van der Waals surface area contributed by atoms with Crippen molar-refractivity contribution in [2.75, 3.05) is 11.5 Å². The number of nitro benzene ring substituents is 1. The molecule has 9 nitrogen and oxygen atoms in total. The second-order valence-electron chi connectivity index (χ2n) is 6.27. The lowest BCUT2D eigenvalue weighted by molar-refractivity contribution is -0.384. The van der Waals surface area contributed by atoms with Crippen LogP contribution in [0.3, 0.4) is 0 Å². The predicted octanol–water partition coefficient (Wildman–Crippen LogP) is 3.70. The lowest BCUT2D eigenvalue weighted by Gasteiger charge is -2.26. The number of nitrogens with zero attached hydrogens (tertiary/aromatic N) is 2. The molecule has 154 valence electrons. The van der Waals surface area contributed by atoms with Crippen LogP contribution in [0.2, 0.25) is 5.02 Å². The molecule has 0 unspecified atom stereocenters. The van der Waals surface area contributed by atoms with Crippen LogP contribution in [0.25, 0.3) is 6.08 Å². The number of imide groups is 2. The van der Waals surface area contributed by atoms with Gasteiger partial charge in [-0.25, -0.2) is 9.69 Å². The predicted molar refractivity (Wildman–Crippen MR) is 109 cm³/mol. The van der Waals surface area contributed by atoms with E-state index in [1.807, 2.05) is 6.92 Å². The lowest BCUT2D eigenvalue weighted by Crippen LogP contribution is -2.54. The number of anilines is 1. The third-order valence-corrected chi connectivity index (χ3v) is 4.44. The molecule has 0 saturated carbocycles. The monoisotopic (exact) mass is 429 g/mol. The molecular weight excluding hydrogens is 414 g/mol. The molecule has 10 heteroatoms. The number of hydrogen-bond acceptors (Lipinski definition) is 6. The number of amides is 4. The largest absolute Gasteiger partial charge is 0.492 e. The van der Waals surface area contributed by atoms with Crippen molar-refractivity contribution < 1.29 is 24.0 Å². The number of ether oxygens (including phenoxy) is 1. The third kappa shape index (κ3) is 4.31. The molecule has 1 fully saturated rings. The van der Waals surface area contributed by atoms with Gasteiger partial charge >= 0.3 is 6.03 Å². The number of nitro groups is 1. The average Bonchev–Trinajstić information content (AvgIpc) is 2.70. The average molecular weight is 430 g/mol. The summed E-state index contributed by atoms with van der Waals surface area (Å²) < 4.78 is 5.49. The molecule has 0 atom stereocenters. The van der Waals surface area contributed by atoms with E-state index in [-0.39, 0.29) is 16.9 Å². The van der Waals surface area contributed by atoms with Crippen molar-refractivity contribution in [2.45, 2.75) is 13.3 Å². The molecule has 1 aliphatic heterocycles. The fraction of sp³-hybridized carbons (Fsp3) is 0.150. The van der Waals surface area contributed by atoms with Gasteiger partial charge < -0.3 is 4.74 Å². The molecule has 1 heterocycles. The van der Waals surface area contributed by atoms with Gasteiger partial charge in [-0.15, -0.1) is 0 Å². The Kier molecular flexibility index (Phi) is 6.12. The number of rotatable bonds is 6. The van der Waals surface area contributed by atoms with Crippen LogP contribution in [0.5, 0.6) is 5.75 Å². The molecule has 1 aliphatic rings. The van der Waals surface area contributed by atoms with Gasteiger partial charge in [0.2, 0.25) is 0 Å². The highest BCUT2D eigenvalue weighted by molar-refractivity contribution is 6.39. The summed E-state index contributed by atoms with van der Waals surface area (Å²) in [6.45, 7) is 2.45. The summed E-state index contributed by atoms with van der Waals surface area (Å²) in [5.74, 6) is -1.24. The van der Waals surface area contributed by atoms with Crippen LogP contribution in [0.1, 0.15) is 18.9 Å². The van der Waals surface area contributed by atoms with Crippen molar-refractivity contribution in [1.29, 1.82) is 0 Å². The van der Waals surface area contributed by atoms with E-state index in [2.05, 4.69) is 5.32 Å². The van der Waals surface area contributed by atoms with E-state index < -0.39 is 22.8 Å². The molecule has 2 aromatic carbocycles. The second kappa shape index (κ2) is 8.75. The highest BCUT2D eigenvalue weighted by atomic mass is 35.5. The highest BCUT2D eigenvalue weighted by Gasteiger charge is 2.37. The zero-order valence-corrected chi connectivity index (χ0v) is 16.5. The molecule has 4 amide bonds. The fourth-order valence-corrected chi connectivity index (χ4v) is 2.96.